The molecular weight excluding hydrogens is 252 g/mol. The second kappa shape index (κ2) is 4.86. The molecular formula is C9H12N8S. The van der Waals surface area contributed by atoms with E-state index in [1.54, 1.807) is 24.2 Å². The first kappa shape index (κ1) is 11.4. The van der Waals surface area contributed by atoms with Crippen molar-refractivity contribution in [3.05, 3.63) is 18.1 Å². The maximum absolute atomic E-state index is 5.22. The molecule has 0 spiro atoms. The van der Waals surface area contributed by atoms with Crippen molar-refractivity contribution >= 4 is 17.6 Å². The number of tetrazole rings is 1. The van der Waals surface area contributed by atoms with E-state index in [9.17, 15) is 0 Å². The highest BCUT2D eigenvalue weighted by Crippen LogP contribution is 2.36. The van der Waals surface area contributed by atoms with Gasteiger partial charge in [0.15, 0.2) is 5.82 Å². The Morgan fingerprint density at radius 2 is 2.28 bits per heavy atom. The van der Waals surface area contributed by atoms with Gasteiger partial charge in [-0.1, -0.05) is 11.8 Å². The highest BCUT2D eigenvalue weighted by molar-refractivity contribution is 7.98. The molecule has 0 saturated heterocycles. The van der Waals surface area contributed by atoms with Crippen LogP contribution in [0.4, 0.5) is 5.82 Å². The van der Waals surface area contributed by atoms with Crippen LogP contribution in [-0.4, -0.2) is 30.2 Å². The SMILES string of the molecule is NNc1cnc(CSc2nnnn2C2CC2)cn1. The Hall–Kier alpha value is -1.74. The normalized spacial score (nSPS) is 14.7. The highest BCUT2D eigenvalue weighted by Gasteiger charge is 2.27. The van der Waals surface area contributed by atoms with Gasteiger partial charge in [-0.3, -0.25) is 4.98 Å². The minimum absolute atomic E-state index is 0.484. The Kier molecular flexibility index (Phi) is 3.07. The van der Waals surface area contributed by atoms with Gasteiger partial charge in [0, 0.05) is 5.75 Å². The van der Waals surface area contributed by atoms with Crippen molar-refractivity contribution in [2.24, 2.45) is 5.84 Å². The summed E-state index contributed by atoms with van der Waals surface area (Å²) in [6.07, 6.45) is 5.61. The summed E-state index contributed by atoms with van der Waals surface area (Å²) in [4.78, 5) is 8.33. The first-order valence-electron chi connectivity index (χ1n) is 5.55. The van der Waals surface area contributed by atoms with E-state index in [1.807, 2.05) is 4.68 Å². The zero-order valence-electron chi connectivity index (χ0n) is 9.52. The number of nitrogens with zero attached hydrogens (tertiary/aromatic N) is 6. The van der Waals surface area contributed by atoms with E-state index in [2.05, 4.69) is 30.9 Å². The van der Waals surface area contributed by atoms with Crippen LogP contribution in [0.1, 0.15) is 24.6 Å². The first-order chi connectivity index (χ1) is 8.86. The van der Waals surface area contributed by atoms with Crippen LogP contribution in [0.5, 0.6) is 0 Å². The van der Waals surface area contributed by atoms with Gasteiger partial charge in [-0.2, -0.15) is 0 Å². The standard InChI is InChI=1S/C9H12N8S/c10-13-8-4-11-6(3-12-8)5-18-9-14-15-16-17(9)7-1-2-7/h3-4,7H,1-2,5,10H2,(H,12,13). The molecule has 0 radical (unpaired) electrons. The lowest BCUT2D eigenvalue weighted by molar-refractivity contribution is 0.565. The number of nitrogen functional groups attached to an aromatic ring is 1. The topological polar surface area (TPSA) is 107 Å². The van der Waals surface area contributed by atoms with Crippen LogP contribution in [0.25, 0.3) is 0 Å². The summed E-state index contributed by atoms with van der Waals surface area (Å²) in [6.45, 7) is 0. The number of hydrogen-bond acceptors (Lipinski definition) is 8. The van der Waals surface area contributed by atoms with Crippen molar-refractivity contribution in [2.75, 3.05) is 5.43 Å². The highest BCUT2D eigenvalue weighted by atomic mass is 32.2. The molecule has 9 heteroatoms. The lowest BCUT2D eigenvalue weighted by Gasteiger charge is -2.02. The average Bonchev–Trinajstić information content (AvgIpc) is 3.16. The Morgan fingerprint density at radius 3 is 2.94 bits per heavy atom. The van der Waals surface area contributed by atoms with Gasteiger partial charge in [0.05, 0.1) is 24.1 Å². The number of rotatable bonds is 5. The average molecular weight is 264 g/mol. The third-order valence-electron chi connectivity index (χ3n) is 2.56. The summed E-state index contributed by atoms with van der Waals surface area (Å²) < 4.78 is 1.88. The van der Waals surface area contributed by atoms with Crippen molar-refractivity contribution in [1.29, 1.82) is 0 Å². The number of aromatic nitrogens is 6. The summed E-state index contributed by atoms with van der Waals surface area (Å²) in [5, 5.41) is 12.5. The van der Waals surface area contributed by atoms with E-state index in [1.165, 1.54) is 0 Å². The molecule has 1 aliphatic rings. The molecule has 0 aromatic carbocycles. The molecule has 3 N–H and O–H groups in total. The number of thioether (sulfide) groups is 1. The van der Waals surface area contributed by atoms with Gasteiger partial charge in [0.1, 0.15) is 0 Å². The lowest BCUT2D eigenvalue weighted by atomic mass is 10.5. The van der Waals surface area contributed by atoms with Gasteiger partial charge in [-0.15, -0.1) is 5.10 Å². The Bertz CT molecular complexity index is 520. The molecule has 2 aromatic heterocycles. The lowest BCUT2D eigenvalue weighted by Crippen LogP contribution is -2.09. The van der Waals surface area contributed by atoms with Gasteiger partial charge in [0.2, 0.25) is 5.16 Å². The number of hydrazine groups is 1. The quantitative estimate of drug-likeness (QED) is 0.453. The van der Waals surface area contributed by atoms with Crippen LogP contribution in [0, 0.1) is 0 Å². The zero-order chi connectivity index (χ0) is 12.4. The van der Waals surface area contributed by atoms with Crippen LogP contribution < -0.4 is 11.3 Å². The fourth-order valence-corrected chi connectivity index (χ4v) is 2.31. The summed E-state index contributed by atoms with van der Waals surface area (Å²) in [5.74, 6) is 6.46. The zero-order valence-corrected chi connectivity index (χ0v) is 10.3. The van der Waals surface area contributed by atoms with Crippen molar-refractivity contribution < 1.29 is 0 Å². The largest absolute Gasteiger partial charge is 0.307 e. The van der Waals surface area contributed by atoms with Gasteiger partial charge < -0.3 is 5.43 Å². The molecule has 3 rings (SSSR count). The maximum atomic E-state index is 5.22. The fourth-order valence-electron chi connectivity index (χ4n) is 1.47. The molecule has 1 aliphatic carbocycles. The molecule has 0 atom stereocenters. The van der Waals surface area contributed by atoms with E-state index in [0.717, 1.165) is 23.7 Å². The van der Waals surface area contributed by atoms with E-state index >= 15 is 0 Å². The van der Waals surface area contributed by atoms with E-state index in [0.29, 0.717) is 17.6 Å². The van der Waals surface area contributed by atoms with E-state index in [4.69, 9.17) is 5.84 Å². The number of nitrogens with one attached hydrogen (secondary N) is 1. The maximum Gasteiger partial charge on any atom is 0.209 e. The van der Waals surface area contributed by atoms with Crippen molar-refractivity contribution in [2.45, 2.75) is 29.8 Å². The smallest absolute Gasteiger partial charge is 0.209 e. The molecule has 2 heterocycles. The molecule has 8 nitrogen and oxygen atoms in total. The second-order valence-corrected chi connectivity index (χ2v) is 4.91. The summed E-state index contributed by atoms with van der Waals surface area (Å²) >= 11 is 1.56. The van der Waals surface area contributed by atoms with E-state index in [-0.39, 0.29) is 0 Å². The third-order valence-corrected chi connectivity index (χ3v) is 3.52. The van der Waals surface area contributed by atoms with Crippen molar-refractivity contribution in [3.8, 4) is 0 Å². The number of anilines is 1. The van der Waals surface area contributed by atoms with Crippen LogP contribution in [0.3, 0.4) is 0 Å². The third kappa shape index (κ3) is 2.41. The Morgan fingerprint density at radius 1 is 1.39 bits per heavy atom. The minimum atomic E-state index is 0.484. The number of hydrogen-bond donors (Lipinski definition) is 2. The molecule has 2 aromatic rings. The molecule has 18 heavy (non-hydrogen) atoms. The molecule has 0 unspecified atom stereocenters. The summed E-state index contributed by atoms with van der Waals surface area (Å²) in [6, 6.07) is 0.484. The predicted molar refractivity (Wildman–Crippen MR) is 65.5 cm³/mol. The molecule has 0 amide bonds. The van der Waals surface area contributed by atoms with Crippen molar-refractivity contribution in [3.63, 3.8) is 0 Å². The predicted octanol–water partition coefficient (Wildman–Crippen LogP) is 0.376. The van der Waals surface area contributed by atoms with Gasteiger partial charge in [-0.05, 0) is 23.3 Å². The minimum Gasteiger partial charge on any atom is -0.307 e. The van der Waals surface area contributed by atoms with Gasteiger partial charge in [0.25, 0.3) is 0 Å². The van der Waals surface area contributed by atoms with Gasteiger partial charge >= 0.3 is 0 Å². The molecule has 1 fully saturated rings. The van der Waals surface area contributed by atoms with Crippen molar-refractivity contribution in [1.82, 2.24) is 30.2 Å². The monoisotopic (exact) mass is 264 g/mol. The summed E-state index contributed by atoms with van der Waals surface area (Å²) in [7, 11) is 0. The van der Waals surface area contributed by atoms with Crippen LogP contribution in [-0.2, 0) is 5.75 Å². The molecule has 0 bridgehead atoms. The van der Waals surface area contributed by atoms with Crippen LogP contribution in [0.15, 0.2) is 17.6 Å². The second-order valence-electron chi connectivity index (χ2n) is 3.96. The first-order valence-corrected chi connectivity index (χ1v) is 6.53. The molecule has 1 saturated carbocycles. The fraction of sp³-hybridized carbons (Fsp3) is 0.444. The van der Waals surface area contributed by atoms with Crippen LogP contribution in [0.2, 0.25) is 0 Å². The Labute approximate surface area is 107 Å². The summed E-state index contributed by atoms with van der Waals surface area (Å²) in [5.41, 5.74) is 3.30. The van der Waals surface area contributed by atoms with E-state index < -0.39 is 0 Å². The molecule has 0 aliphatic heterocycles. The number of nitrogens with two attached hydrogens (primary N) is 1. The van der Waals surface area contributed by atoms with Gasteiger partial charge in [-0.25, -0.2) is 15.5 Å². The van der Waals surface area contributed by atoms with Crippen LogP contribution >= 0.6 is 11.8 Å². The Balaban J connectivity index is 1.64. The molecule has 94 valence electrons.